The summed E-state index contributed by atoms with van der Waals surface area (Å²) in [5.74, 6) is -1.86. The zero-order valence-electron chi connectivity index (χ0n) is 19.7. The summed E-state index contributed by atoms with van der Waals surface area (Å²) in [5.41, 5.74) is 0.640. The fraction of sp³-hybridized carbons (Fsp3) is 0.609. The molecule has 0 bridgehead atoms. The lowest BCUT2D eigenvalue weighted by Crippen LogP contribution is -2.47. The third-order valence-corrected chi connectivity index (χ3v) is 4.96. The van der Waals surface area contributed by atoms with Gasteiger partial charge in [0.2, 0.25) is 5.91 Å². The van der Waals surface area contributed by atoms with Crippen LogP contribution in [0.1, 0.15) is 49.9 Å². The van der Waals surface area contributed by atoms with Crippen LogP contribution in [0.2, 0.25) is 0 Å². The summed E-state index contributed by atoms with van der Waals surface area (Å²) >= 11 is 0. The van der Waals surface area contributed by atoms with Gasteiger partial charge in [0.1, 0.15) is 5.75 Å². The summed E-state index contributed by atoms with van der Waals surface area (Å²) in [6, 6.07) is 7.31. The smallest absolute Gasteiger partial charge is 0.490 e. The lowest BCUT2D eigenvalue weighted by Gasteiger charge is -2.29. The molecule has 1 saturated heterocycles. The molecule has 192 valence electrons. The number of carboxylic acids is 1. The van der Waals surface area contributed by atoms with Crippen LogP contribution in [0, 0.1) is 0 Å². The summed E-state index contributed by atoms with van der Waals surface area (Å²) < 4.78 is 37.4. The highest BCUT2D eigenvalue weighted by Crippen LogP contribution is 2.15. The maximum absolute atomic E-state index is 12.8. The van der Waals surface area contributed by atoms with E-state index in [2.05, 4.69) is 12.2 Å². The number of nitrogens with zero attached hydrogens (tertiary/aromatic N) is 2. The number of carbonyl (C=O) groups is 3. The molecule has 1 heterocycles. The molecule has 1 aromatic rings. The highest BCUT2D eigenvalue weighted by molar-refractivity contribution is 5.94. The van der Waals surface area contributed by atoms with Crippen LogP contribution in [0.5, 0.6) is 5.75 Å². The number of halogens is 3. The second kappa shape index (κ2) is 15.2. The second-order valence-electron chi connectivity index (χ2n) is 7.70. The van der Waals surface area contributed by atoms with Gasteiger partial charge in [0.05, 0.1) is 6.61 Å². The van der Waals surface area contributed by atoms with Crippen molar-refractivity contribution in [2.75, 3.05) is 45.9 Å². The van der Waals surface area contributed by atoms with Gasteiger partial charge in [-0.1, -0.05) is 20.3 Å². The first-order chi connectivity index (χ1) is 16.1. The first-order valence-corrected chi connectivity index (χ1v) is 11.4. The Kier molecular flexibility index (Phi) is 13.0. The monoisotopic (exact) mass is 489 g/mol. The molecule has 2 amide bonds. The van der Waals surface area contributed by atoms with E-state index >= 15 is 0 Å². The van der Waals surface area contributed by atoms with Gasteiger partial charge in [0.25, 0.3) is 5.91 Å². The standard InChI is InChI=1S/C21H33N3O3.C2HF3O2/c1-3-5-17-27-19-8-6-18(7-9-19)21(26)24(13-4-2)14-10-20(25)23-15-11-22-12-16-23;3-2(4,5)1(6)7/h6-9,22H,3-5,10-17H2,1-2H3;(H,6,7). The van der Waals surface area contributed by atoms with Crippen LogP contribution in [0.4, 0.5) is 13.2 Å². The second-order valence-corrected chi connectivity index (χ2v) is 7.70. The maximum Gasteiger partial charge on any atom is 0.490 e. The first kappa shape index (κ1) is 29.2. The number of ether oxygens (including phenoxy) is 1. The average molecular weight is 490 g/mol. The van der Waals surface area contributed by atoms with Crippen molar-refractivity contribution >= 4 is 17.8 Å². The number of hydrogen-bond acceptors (Lipinski definition) is 5. The van der Waals surface area contributed by atoms with Gasteiger partial charge in [-0.2, -0.15) is 13.2 Å². The Morgan fingerprint density at radius 3 is 2.15 bits per heavy atom. The number of piperazine rings is 1. The number of rotatable bonds is 10. The fourth-order valence-electron chi connectivity index (χ4n) is 3.10. The molecule has 0 atom stereocenters. The minimum absolute atomic E-state index is 0.0231. The highest BCUT2D eigenvalue weighted by Gasteiger charge is 2.38. The van der Waals surface area contributed by atoms with Gasteiger partial charge in [0, 0.05) is 51.3 Å². The summed E-state index contributed by atoms with van der Waals surface area (Å²) in [4.78, 5) is 37.8. The van der Waals surface area contributed by atoms with E-state index in [0.29, 0.717) is 31.7 Å². The van der Waals surface area contributed by atoms with Crippen LogP contribution in [0.25, 0.3) is 0 Å². The number of nitrogens with one attached hydrogen (secondary N) is 1. The van der Waals surface area contributed by atoms with Crippen LogP contribution in [0.3, 0.4) is 0 Å². The number of aliphatic carboxylic acids is 1. The van der Waals surface area contributed by atoms with Crippen molar-refractivity contribution in [3.05, 3.63) is 29.8 Å². The van der Waals surface area contributed by atoms with Gasteiger partial charge in [-0.3, -0.25) is 9.59 Å². The predicted octanol–water partition coefficient (Wildman–Crippen LogP) is 3.17. The molecule has 34 heavy (non-hydrogen) atoms. The Hall–Kier alpha value is -2.82. The minimum Gasteiger partial charge on any atom is -0.494 e. The lowest BCUT2D eigenvalue weighted by molar-refractivity contribution is -0.192. The third kappa shape index (κ3) is 10.9. The van der Waals surface area contributed by atoms with Crippen molar-refractivity contribution in [1.82, 2.24) is 15.1 Å². The van der Waals surface area contributed by atoms with Crippen molar-refractivity contribution in [3.8, 4) is 5.75 Å². The van der Waals surface area contributed by atoms with Crippen molar-refractivity contribution < 1.29 is 37.4 Å². The van der Waals surface area contributed by atoms with Crippen LogP contribution >= 0.6 is 0 Å². The summed E-state index contributed by atoms with van der Waals surface area (Å²) in [7, 11) is 0. The van der Waals surface area contributed by atoms with E-state index in [9.17, 15) is 22.8 Å². The van der Waals surface area contributed by atoms with E-state index in [1.54, 1.807) is 4.90 Å². The van der Waals surface area contributed by atoms with E-state index in [-0.39, 0.29) is 11.8 Å². The topological polar surface area (TPSA) is 99.2 Å². The Morgan fingerprint density at radius 2 is 1.65 bits per heavy atom. The quantitative estimate of drug-likeness (QED) is 0.490. The zero-order valence-corrected chi connectivity index (χ0v) is 19.7. The van der Waals surface area contributed by atoms with E-state index in [1.807, 2.05) is 36.1 Å². The molecule has 1 aliphatic heterocycles. The molecule has 0 spiro atoms. The predicted molar refractivity (Wildman–Crippen MR) is 121 cm³/mol. The highest BCUT2D eigenvalue weighted by atomic mass is 19.4. The lowest BCUT2D eigenvalue weighted by atomic mass is 10.1. The number of amides is 2. The molecule has 1 aliphatic rings. The molecule has 2 rings (SSSR count). The zero-order chi connectivity index (χ0) is 25.6. The van der Waals surface area contributed by atoms with E-state index in [4.69, 9.17) is 14.6 Å². The summed E-state index contributed by atoms with van der Waals surface area (Å²) in [5, 5.41) is 10.4. The molecule has 0 unspecified atom stereocenters. The van der Waals surface area contributed by atoms with Crippen LogP contribution in [0.15, 0.2) is 24.3 Å². The Morgan fingerprint density at radius 1 is 1.06 bits per heavy atom. The first-order valence-electron chi connectivity index (χ1n) is 11.4. The number of alkyl halides is 3. The van der Waals surface area contributed by atoms with Gasteiger partial charge in [-0.15, -0.1) is 0 Å². The Bertz CT molecular complexity index is 766. The summed E-state index contributed by atoms with van der Waals surface area (Å²) in [6.07, 6.45) is -1.73. The van der Waals surface area contributed by atoms with E-state index in [0.717, 1.165) is 51.2 Å². The van der Waals surface area contributed by atoms with E-state index in [1.165, 1.54) is 0 Å². The minimum atomic E-state index is -5.08. The third-order valence-electron chi connectivity index (χ3n) is 4.96. The van der Waals surface area contributed by atoms with Crippen LogP contribution < -0.4 is 10.1 Å². The molecule has 0 saturated carbocycles. The number of carbonyl (C=O) groups excluding carboxylic acids is 2. The van der Waals surface area contributed by atoms with Gasteiger partial charge < -0.3 is 25.0 Å². The molecule has 0 aromatic heterocycles. The fourth-order valence-corrected chi connectivity index (χ4v) is 3.10. The number of benzene rings is 1. The Balaban J connectivity index is 0.000000718. The molecule has 1 fully saturated rings. The SMILES string of the molecule is CCCCOc1ccc(C(=O)N(CCC)CCC(=O)N2CCNCC2)cc1.O=C(O)C(F)(F)F. The maximum atomic E-state index is 12.8. The molecule has 11 heteroatoms. The van der Waals surface area contributed by atoms with Gasteiger partial charge in [0.15, 0.2) is 0 Å². The largest absolute Gasteiger partial charge is 0.494 e. The average Bonchev–Trinajstić information content (AvgIpc) is 2.82. The van der Waals surface area contributed by atoms with Gasteiger partial charge in [-0.05, 0) is 37.1 Å². The molecule has 0 radical (unpaired) electrons. The van der Waals surface area contributed by atoms with Crippen molar-refractivity contribution in [3.63, 3.8) is 0 Å². The Labute approximate surface area is 198 Å². The van der Waals surface area contributed by atoms with Crippen LogP contribution in [-0.4, -0.2) is 84.7 Å². The normalized spacial score (nSPS) is 13.5. The number of hydrogen-bond donors (Lipinski definition) is 2. The number of carboxylic acid groups (broad SMARTS) is 1. The summed E-state index contributed by atoms with van der Waals surface area (Å²) in [6.45, 7) is 9.17. The van der Waals surface area contributed by atoms with Gasteiger partial charge in [-0.25, -0.2) is 4.79 Å². The van der Waals surface area contributed by atoms with Crippen molar-refractivity contribution in [2.45, 2.75) is 45.7 Å². The van der Waals surface area contributed by atoms with Gasteiger partial charge >= 0.3 is 12.1 Å². The van der Waals surface area contributed by atoms with Crippen molar-refractivity contribution in [2.24, 2.45) is 0 Å². The molecule has 0 aliphatic carbocycles. The molecular formula is C23H34F3N3O5. The molecule has 8 nitrogen and oxygen atoms in total. The van der Waals surface area contributed by atoms with Crippen LogP contribution in [-0.2, 0) is 9.59 Å². The molecule has 1 aromatic carbocycles. The number of unbranched alkanes of at least 4 members (excludes halogenated alkanes) is 1. The van der Waals surface area contributed by atoms with Crippen molar-refractivity contribution in [1.29, 1.82) is 0 Å². The van der Waals surface area contributed by atoms with E-state index < -0.39 is 12.1 Å². The molecule has 2 N–H and O–H groups in total. The molecular weight excluding hydrogens is 455 g/mol.